The fourth-order valence-corrected chi connectivity index (χ4v) is 2.23. The lowest BCUT2D eigenvalue weighted by Crippen LogP contribution is -2.43. The van der Waals surface area contributed by atoms with Crippen LogP contribution in [0.4, 0.5) is 4.79 Å². The van der Waals surface area contributed by atoms with Gasteiger partial charge in [-0.05, 0) is 57.2 Å². The van der Waals surface area contributed by atoms with E-state index in [4.69, 9.17) is 4.74 Å². The van der Waals surface area contributed by atoms with Crippen LogP contribution in [0, 0.1) is 13.8 Å². The van der Waals surface area contributed by atoms with Crippen LogP contribution in [0.5, 0.6) is 5.75 Å². The number of aromatic nitrogens is 1. The van der Waals surface area contributed by atoms with Gasteiger partial charge in [-0.3, -0.25) is 25.0 Å². The van der Waals surface area contributed by atoms with Gasteiger partial charge in [-0.2, -0.15) is 0 Å². The first kappa shape index (κ1) is 19.0. The third-order valence-corrected chi connectivity index (χ3v) is 3.75. The van der Waals surface area contributed by atoms with E-state index < -0.39 is 18.0 Å². The third kappa shape index (κ3) is 4.62. The number of hydrogen-bond donors (Lipinski definition) is 3. The summed E-state index contributed by atoms with van der Waals surface area (Å²) in [5, 5.41) is 4.42. The molecule has 8 nitrogen and oxygen atoms in total. The van der Waals surface area contributed by atoms with Gasteiger partial charge in [0.1, 0.15) is 5.75 Å². The number of carbonyl (C=O) groups excluding carboxylic acids is 3. The summed E-state index contributed by atoms with van der Waals surface area (Å²) in [6.45, 7) is 5.32. The van der Waals surface area contributed by atoms with Crippen LogP contribution in [-0.2, 0) is 4.79 Å². The van der Waals surface area contributed by atoms with Crippen LogP contribution in [0.1, 0.15) is 28.7 Å². The Balaban J connectivity index is 1.98. The molecule has 0 spiro atoms. The summed E-state index contributed by atoms with van der Waals surface area (Å²) in [6, 6.07) is 9.61. The Morgan fingerprint density at radius 2 is 1.58 bits per heavy atom. The molecule has 0 saturated heterocycles. The molecule has 0 aliphatic carbocycles. The number of imide groups is 1. The molecule has 2 aromatic rings. The van der Waals surface area contributed by atoms with Gasteiger partial charge < -0.3 is 10.1 Å². The molecule has 138 valence electrons. The smallest absolute Gasteiger partial charge is 0.321 e. The number of urea groups is 1. The number of ether oxygens (including phenoxy) is 1. The number of hydrogen-bond acceptors (Lipinski definition) is 4. The molecule has 8 heteroatoms. The summed E-state index contributed by atoms with van der Waals surface area (Å²) in [5.74, 6) is -0.413. The van der Waals surface area contributed by atoms with Crippen molar-refractivity contribution in [3.63, 3.8) is 0 Å². The second-order valence-electron chi connectivity index (χ2n) is 5.75. The van der Waals surface area contributed by atoms with Crippen LogP contribution in [0.3, 0.4) is 0 Å². The van der Waals surface area contributed by atoms with Crippen LogP contribution in [0.2, 0.25) is 0 Å². The van der Waals surface area contributed by atoms with Gasteiger partial charge in [-0.15, -0.1) is 0 Å². The van der Waals surface area contributed by atoms with Crippen molar-refractivity contribution < 1.29 is 19.1 Å². The molecule has 0 aliphatic rings. The molecule has 2 rings (SSSR count). The van der Waals surface area contributed by atoms with Crippen molar-refractivity contribution in [1.29, 1.82) is 0 Å². The zero-order chi connectivity index (χ0) is 19.3. The average molecular weight is 358 g/mol. The van der Waals surface area contributed by atoms with Crippen molar-refractivity contribution in [1.82, 2.24) is 15.3 Å². The quantitative estimate of drug-likeness (QED) is 0.757. The Labute approximate surface area is 151 Å². The van der Waals surface area contributed by atoms with E-state index in [1.165, 1.54) is 14.0 Å². The molecule has 0 radical (unpaired) electrons. The largest absolute Gasteiger partial charge is 0.481 e. The van der Waals surface area contributed by atoms with Crippen molar-refractivity contribution in [2.45, 2.75) is 26.9 Å². The molecular formula is C18H22N4O4. The van der Waals surface area contributed by atoms with Crippen LogP contribution in [0.15, 0.2) is 36.4 Å². The van der Waals surface area contributed by atoms with E-state index in [1.54, 1.807) is 28.9 Å². The Kier molecular flexibility index (Phi) is 6.00. The Morgan fingerprint density at radius 3 is 2.12 bits per heavy atom. The highest BCUT2D eigenvalue weighted by Gasteiger charge is 2.17. The summed E-state index contributed by atoms with van der Waals surface area (Å²) in [5.41, 5.74) is 5.11. The van der Waals surface area contributed by atoms with Crippen molar-refractivity contribution in [2.75, 3.05) is 12.5 Å². The molecule has 26 heavy (non-hydrogen) atoms. The average Bonchev–Trinajstić information content (AvgIpc) is 2.93. The number of nitrogens with zero attached hydrogens (tertiary/aromatic N) is 1. The lowest BCUT2D eigenvalue weighted by molar-refractivity contribution is -0.126. The molecule has 4 amide bonds. The van der Waals surface area contributed by atoms with E-state index in [-0.39, 0.29) is 5.91 Å². The lowest BCUT2D eigenvalue weighted by atomic mass is 10.2. The molecule has 1 aromatic heterocycles. The maximum Gasteiger partial charge on any atom is 0.321 e. The van der Waals surface area contributed by atoms with Gasteiger partial charge in [0.05, 0.1) is 0 Å². The second-order valence-corrected chi connectivity index (χ2v) is 5.75. The highest BCUT2D eigenvalue weighted by Crippen LogP contribution is 2.15. The number of nitrogens with one attached hydrogen (secondary N) is 3. The van der Waals surface area contributed by atoms with Gasteiger partial charge in [0, 0.05) is 24.0 Å². The van der Waals surface area contributed by atoms with Crippen LogP contribution < -0.4 is 20.8 Å². The third-order valence-electron chi connectivity index (χ3n) is 3.75. The minimum atomic E-state index is -0.864. The van der Waals surface area contributed by atoms with Crippen molar-refractivity contribution in [3.05, 3.63) is 53.3 Å². The highest BCUT2D eigenvalue weighted by atomic mass is 16.5. The van der Waals surface area contributed by atoms with Crippen LogP contribution in [0.25, 0.3) is 0 Å². The summed E-state index contributed by atoms with van der Waals surface area (Å²) in [4.78, 5) is 35.2. The first-order valence-electron chi connectivity index (χ1n) is 8.07. The number of carbonyl (C=O) groups is 3. The maximum absolute atomic E-state index is 12.3. The summed E-state index contributed by atoms with van der Waals surface area (Å²) < 4.78 is 7.18. The van der Waals surface area contributed by atoms with Gasteiger partial charge in [0.2, 0.25) is 0 Å². The standard InChI is InChI=1S/C18H22N4O4/c1-11-5-6-12(2)22(11)21-17(24)14-7-9-15(10-8-14)26-13(3)16(23)20-18(25)19-4/h5-10,13H,1-4H3,(H,21,24)(H2,19,20,23,25)/t13-/m0/s1. The van der Waals surface area contributed by atoms with Gasteiger partial charge in [0.15, 0.2) is 6.10 Å². The minimum Gasteiger partial charge on any atom is -0.481 e. The molecule has 0 unspecified atom stereocenters. The minimum absolute atomic E-state index is 0.260. The fourth-order valence-electron chi connectivity index (χ4n) is 2.23. The maximum atomic E-state index is 12.3. The zero-order valence-electron chi connectivity index (χ0n) is 15.1. The predicted octanol–water partition coefficient (Wildman–Crippen LogP) is 1.71. The van der Waals surface area contributed by atoms with E-state index in [0.717, 1.165) is 11.4 Å². The molecule has 1 atom stereocenters. The number of rotatable bonds is 5. The summed E-state index contributed by atoms with van der Waals surface area (Å²) >= 11 is 0. The molecular weight excluding hydrogens is 336 g/mol. The molecule has 1 aromatic carbocycles. The Morgan fingerprint density at radius 1 is 1.00 bits per heavy atom. The van der Waals surface area contributed by atoms with E-state index in [9.17, 15) is 14.4 Å². The SMILES string of the molecule is CNC(=O)NC(=O)[C@H](C)Oc1ccc(C(=O)Nn2c(C)ccc2C)cc1. The lowest BCUT2D eigenvalue weighted by Gasteiger charge is -2.15. The van der Waals surface area contributed by atoms with Crippen LogP contribution in [-0.4, -0.2) is 35.7 Å². The molecule has 0 aliphatic heterocycles. The molecule has 0 bridgehead atoms. The van der Waals surface area contributed by atoms with Gasteiger partial charge in [-0.25, -0.2) is 4.79 Å². The first-order valence-corrected chi connectivity index (χ1v) is 8.07. The molecule has 3 N–H and O–H groups in total. The Hall–Kier alpha value is -3.29. The monoisotopic (exact) mass is 358 g/mol. The molecule has 0 fully saturated rings. The molecule has 1 heterocycles. The van der Waals surface area contributed by atoms with Crippen molar-refractivity contribution >= 4 is 17.8 Å². The first-order chi connectivity index (χ1) is 12.3. The number of amides is 4. The van der Waals surface area contributed by atoms with Crippen LogP contribution >= 0.6 is 0 Å². The van der Waals surface area contributed by atoms with Gasteiger partial charge in [-0.1, -0.05) is 0 Å². The van der Waals surface area contributed by atoms with Crippen molar-refractivity contribution in [3.8, 4) is 5.75 Å². The fraction of sp³-hybridized carbons (Fsp3) is 0.278. The van der Waals surface area contributed by atoms with E-state index in [2.05, 4.69) is 16.1 Å². The van der Waals surface area contributed by atoms with Gasteiger partial charge in [0.25, 0.3) is 11.8 Å². The normalized spacial score (nSPS) is 11.4. The number of benzene rings is 1. The predicted molar refractivity (Wildman–Crippen MR) is 96.7 cm³/mol. The summed E-state index contributed by atoms with van der Waals surface area (Å²) in [6.07, 6.45) is -0.864. The molecule has 0 saturated carbocycles. The van der Waals surface area contributed by atoms with E-state index >= 15 is 0 Å². The van der Waals surface area contributed by atoms with E-state index in [1.807, 2.05) is 26.0 Å². The Bertz CT molecular complexity index is 792. The number of aryl methyl sites for hydroxylation is 2. The highest BCUT2D eigenvalue weighted by molar-refractivity contribution is 6.00. The van der Waals surface area contributed by atoms with Crippen molar-refractivity contribution in [2.24, 2.45) is 0 Å². The van der Waals surface area contributed by atoms with E-state index in [0.29, 0.717) is 11.3 Å². The van der Waals surface area contributed by atoms with Gasteiger partial charge >= 0.3 is 6.03 Å². The summed E-state index contributed by atoms with van der Waals surface area (Å²) in [7, 11) is 1.41. The second kappa shape index (κ2) is 8.19. The topological polar surface area (TPSA) is 101 Å². The zero-order valence-corrected chi connectivity index (χ0v) is 15.1.